The molecule has 1 aliphatic heterocycles. The highest BCUT2D eigenvalue weighted by Gasteiger charge is 2.23. The maximum Gasteiger partial charge on any atom is 0.216 e. The molecule has 3 rings (SSSR count). The van der Waals surface area contributed by atoms with Crippen molar-refractivity contribution in [1.29, 1.82) is 5.26 Å². The summed E-state index contributed by atoms with van der Waals surface area (Å²) < 4.78 is 19.8. The maximum absolute atomic E-state index is 14.5. The number of benzene rings is 2. The molecule has 2 aromatic rings. The molecule has 0 saturated carbocycles. The van der Waals surface area contributed by atoms with Crippen molar-refractivity contribution in [3.63, 3.8) is 0 Å². The molecule has 1 fully saturated rings. The molecule has 7 nitrogen and oxygen atoms in total. The minimum atomic E-state index is -0.625. The van der Waals surface area contributed by atoms with Crippen LogP contribution in [0.25, 0.3) is 11.3 Å². The SMILES string of the molecule is COc1ccc(/C(C)=C(/N=C(N(C)C=O)N2CCC(N)CC2)c2ccc(C#N)c(F)c2)cc1. The molecular formula is C25H28FN5O2. The van der Waals surface area contributed by atoms with Gasteiger partial charge in [0.1, 0.15) is 17.6 Å². The quantitative estimate of drug-likeness (QED) is 0.326. The number of halogens is 1. The zero-order valence-electron chi connectivity index (χ0n) is 19.1. The molecule has 0 radical (unpaired) electrons. The van der Waals surface area contributed by atoms with Crippen molar-refractivity contribution >= 4 is 23.6 Å². The van der Waals surface area contributed by atoms with Crippen LogP contribution in [0.1, 0.15) is 36.5 Å². The summed E-state index contributed by atoms with van der Waals surface area (Å²) in [5.74, 6) is 0.552. The number of allylic oxidation sites excluding steroid dienone is 1. The average molecular weight is 450 g/mol. The number of rotatable bonds is 5. The summed E-state index contributed by atoms with van der Waals surface area (Å²) in [6.07, 6.45) is 2.27. The molecule has 0 atom stereocenters. The molecule has 1 heterocycles. The van der Waals surface area contributed by atoms with Crippen molar-refractivity contribution < 1.29 is 13.9 Å². The molecule has 0 unspecified atom stereocenters. The minimum absolute atomic E-state index is 0.0422. The third kappa shape index (κ3) is 5.57. The summed E-state index contributed by atoms with van der Waals surface area (Å²) in [6, 6.07) is 13.8. The Balaban J connectivity index is 2.18. The third-order valence-electron chi connectivity index (χ3n) is 5.75. The van der Waals surface area contributed by atoms with Crippen molar-refractivity contribution in [3.05, 3.63) is 65.0 Å². The molecule has 1 aliphatic rings. The number of nitrogens with two attached hydrogens (primary N) is 1. The van der Waals surface area contributed by atoms with Crippen molar-refractivity contribution in [2.45, 2.75) is 25.8 Å². The fraction of sp³-hybridized carbons (Fsp3) is 0.320. The second-order valence-electron chi connectivity index (χ2n) is 7.96. The maximum atomic E-state index is 14.5. The fourth-order valence-electron chi connectivity index (χ4n) is 3.71. The van der Waals surface area contributed by atoms with Crippen LogP contribution in [0.3, 0.4) is 0 Å². The summed E-state index contributed by atoms with van der Waals surface area (Å²) in [4.78, 5) is 20.0. The molecule has 1 amide bonds. The van der Waals surface area contributed by atoms with Crippen LogP contribution in [0, 0.1) is 17.1 Å². The first-order chi connectivity index (χ1) is 15.9. The summed E-state index contributed by atoms with van der Waals surface area (Å²) in [5, 5.41) is 9.12. The van der Waals surface area contributed by atoms with Gasteiger partial charge in [0, 0.05) is 31.7 Å². The van der Waals surface area contributed by atoms with E-state index in [4.69, 9.17) is 20.7 Å². The summed E-state index contributed by atoms with van der Waals surface area (Å²) in [7, 11) is 3.24. The first-order valence-corrected chi connectivity index (χ1v) is 10.7. The average Bonchev–Trinajstić information content (AvgIpc) is 2.84. The first-order valence-electron chi connectivity index (χ1n) is 10.7. The highest BCUT2D eigenvalue weighted by atomic mass is 19.1. The predicted octanol–water partition coefficient (Wildman–Crippen LogP) is 3.46. The number of amides is 1. The first kappa shape index (κ1) is 24.0. The van der Waals surface area contributed by atoms with E-state index in [-0.39, 0.29) is 11.6 Å². The lowest BCUT2D eigenvalue weighted by Crippen LogP contribution is -2.48. The lowest BCUT2D eigenvalue weighted by atomic mass is 10.00. The standard InChI is InChI=1S/C25H28FN5O2/c1-17(18-6-8-22(33-3)9-7-18)24(19-4-5-20(15-27)23(26)14-19)29-25(30(2)16-32)31-12-10-21(28)11-13-31/h4-9,14,16,21H,10-13,28H2,1-3H3/b24-17+,29-25?. The number of nitriles is 1. The highest BCUT2D eigenvalue weighted by molar-refractivity contribution is 5.98. The van der Waals surface area contributed by atoms with Gasteiger partial charge in [-0.25, -0.2) is 9.38 Å². The van der Waals surface area contributed by atoms with E-state index in [9.17, 15) is 9.18 Å². The van der Waals surface area contributed by atoms with Crippen LogP contribution >= 0.6 is 0 Å². The number of ether oxygens (including phenoxy) is 1. The molecule has 8 heteroatoms. The zero-order chi connectivity index (χ0) is 24.0. The Morgan fingerprint density at radius 3 is 2.42 bits per heavy atom. The second kappa shape index (κ2) is 10.7. The Morgan fingerprint density at radius 2 is 1.88 bits per heavy atom. The summed E-state index contributed by atoms with van der Waals surface area (Å²) in [6.45, 7) is 3.21. The number of guanidine groups is 1. The molecule has 0 spiro atoms. The smallest absolute Gasteiger partial charge is 0.216 e. The molecular weight excluding hydrogens is 421 g/mol. The van der Waals surface area contributed by atoms with Crippen molar-refractivity contribution in [2.75, 3.05) is 27.2 Å². The zero-order valence-corrected chi connectivity index (χ0v) is 19.1. The van der Waals surface area contributed by atoms with E-state index in [2.05, 4.69) is 0 Å². The number of aliphatic imine (C=N–C) groups is 1. The predicted molar refractivity (Wildman–Crippen MR) is 127 cm³/mol. The summed E-state index contributed by atoms with van der Waals surface area (Å²) >= 11 is 0. The van der Waals surface area contributed by atoms with E-state index in [1.54, 1.807) is 20.2 Å². The van der Waals surface area contributed by atoms with Gasteiger partial charge in [0.25, 0.3) is 0 Å². The molecule has 0 bridgehead atoms. The van der Waals surface area contributed by atoms with Gasteiger partial charge in [-0.05, 0) is 55.2 Å². The van der Waals surface area contributed by atoms with Crippen LogP contribution in [0.5, 0.6) is 5.75 Å². The Hall–Kier alpha value is -3.70. The number of carbonyl (C=O) groups excluding carboxylic acids is 1. The number of nitrogens with zero attached hydrogens (tertiary/aromatic N) is 4. The van der Waals surface area contributed by atoms with E-state index in [0.29, 0.717) is 42.5 Å². The van der Waals surface area contributed by atoms with Gasteiger partial charge >= 0.3 is 0 Å². The van der Waals surface area contributed by atoms with Gasteiger partial charge < -0.3 is 15.4 Å². The Morgan fingerprint density at radius 1 is 1.24 bits per heavy atom. The lowest BCUT2D eigenvalue weighted by Gasteiger charge is -2.34. The van der Waals surface area contributed by atoms with Crippen molar-refractivity contribution in [2.24, 2.45) is 10.7 Å². The van der Waals surface area contributed by atoms with Gasteiger partial charge in [0.15, 0.2) is 0 Å². The van der Waals surface area contributed by atoms with Gasteiger partial charge in [-0.15, -0.1) is 0 Å². The molecule has 1 saturated heterocycles. The number of methoxy groups -OCH3 is 1. The molecule has 172 valence electrons. The number of piperidine rings is 1. The van der Waals surface area contributed by atoms with Crippen LogP contribution in [0.15, 0.2) is 47.5 Å². The number of hydrogen-bond donors (Lipinski definition) is 1. The molecule has 2 aromatic carbocycles. The van der Waals surface area contributed by atoms with Gasteiger partial charge in [0.2, 0.25) is 12.4 Å². The normalized spacial score (nSPS) is 15.5. The molecule has 0 aromatic heterocycles. The van der Waals surface area contributed by atoms with E-state index in [1.165, 1.54) is 17.0 Å². The van der Waals surface area contributed by atoms with Crippen LogP contribution in [-0.4, -0.2) is 55.5 Å². The minimum Gasteiger partial charge on any atom is -0.497 e. The lowest BCUT2D eigenvalue weighted by molar-refractivity contribution is -0.114. The largest absolute Gasteiger partial charge is 0.497 e. The Bertz CT molecular complexity index is 1100. The van der Waals surface area contributed by atoms with Gasteiger partial charge in [0.05, 0.1) is 18.4 Å². The van der Waals surface area contributed by atoms with Crippen LogP contribution < -0.4 is 10.5 Å². The van der Waals surface area contributed by atoms with Gasteiger partial charge in [-0.2, -0.15) is 5.26 Å². The van der Waals surface area contributed by atoms with E-state index in [1.807, 2.05) is 42.2 Å². The van der Waals surface area contributed by atoms with Crippen molar-refractivity contribution in [1.82, 2.24) is 9.80 Å². The Labute approximate surface area is 193 Å². The summed E-state index contributed by atoms with van der Waals surface area (Å²) in [5.41, 5.74) is 8.67. The number of carbonyl (C=O) groups is 1. The third-order valence-corrected chi connectivity index (χ3v) is 5.75. The van der Waals surface area contributed by atoms with E-state index in [0.717, 1.165) is 24.0 Å². The van der Waals surface area contributed by atoms with Gasteiger partial charge in [-0.3, -0.25) is 9.69 Å². The number of hydrogen-bond acceptors (Lipinski definition) is 5. The van der Waals surface area contributed by atoms with Gasteiger partial charge in [-0.1, -0.05) is 18.2 Å². The molecule has 0 aliphatic carbocycles. The monoisotopic (exact) mass is 449 g/mol. The fourth-order valence-corrected chi connectivity index (χ4v) is 3.71. The second-order valence-corrected chi connectivity index (χ2v) is 7.96. The molecule has 33 heavy (non-hydrogen) atoms. The van der Waals surface area contributed by atoms with Crippen LogP contribution in [-0.2, 0) is 4.79 Å². The van der Waals surface area contributed by atoms with Crippen molar-refractivity contribution in [3.8, 4) is 11.8 Å². The van der Waals surface area contributed by atoms with Crippen LogP contribution in [0.2, 0.25) is 0 Å². The van der Waals surface area contributed by atoms with E-state index >= 15 is 0 Å². The van der Waals surface area contributed by atoms with Crippen LogP contribution in [0.4, 0.5) is 4.39 Å². The Kier molecular flexibility index (Phi) is 7.80. The number of likely N-dealkylation sites (tertiary alicyclic amines) is 1. The van der Waals surface area contributed by atoms with E-state index < -0.39 is 5.82 Å². The topological polar surface area (TPSA) is 94.9 Å². The highest BCUT2D eigenvalue weighted by Crippen LogP contribution is 2.30. The molecule has 2 N–H and O–H groups in total.